The Hall–Kier alpha value is -1.88. The highest BCUT2D eigenvalue weighted by Gasteiger charge is 2.25. The van der Waals surface area contributed by atoms with Crippen LogP contribution >= 0.6 is 0 Å². The summed E-state index contributed by atoms with van der Waals surface area (Å²) < 4.78 is 0. The molecule has 0 saturated carbocycles. The Kier molecular flexibility index (Phi) is 6.37. The second-order valence-electron chi connectivity index (χ2n) is 7.20. The summed E-state index contributed by atoms with van der Waals surface area (Å²) in [7, 11) is 0. The van der Waals surface area contributed by atoms with Crippen molar-refractivity contribution in [3.05, 3.63) is 29.3 Å². The van der Waals surface area contributed by atoms with Crippen LogP contribution in [-0.4, -0.2) is 30.9 Å². The van der Waals surface area contributed by atoms with E-state index in [-0.39, 0.29) is 17.7 Å². The fourth-order valence-electron chi connectivity index (χ4n) is 2.95. The molecule has 1 aliphatic rings. The Labute approximate surface area is 144 Å². The zero-order chi connectivity index (χ0) is 17.7. The topological polar surface area (TPSA) is 70.2 Å². The fourth-order valence-corrected chi connectivity index (χ4v) is 2.95. The molecular formula is C19H29N3O2. The molecule has 3 N–H and O–H groups in total. The summed E-state index contributed by atoms with van der Waals surface area (Å²) in [5.41, 5.74) is 2.32. The van der Waals surface area contributed by atoms with Crippen LogP contribution in [0.25, 0.3) is 0 Å². The number of hydrogen-bond acceptors (Lipinski definition) is 3. The van der Waals surface area contributed by atoms with Crippen LogP contribution < -0.4 is 16.0 Å². The summed E-state index contributed by atoms with van der Waals surface area (Å²) in [4.78, 5) is 24.6. The van der Waals surface area contributed by atoms with E-state index in [1.165, 1.54) is 0 Å². The average Bonchev–Trinajstić information content (AvgIpc) is 2.54. The Morgan fingerprint density at radius 2 is 2.08 bits per heavy atom. The van der Waals surface area contributed by atoms with Crippen molar-refractivity contribution in [2.75, 3.05) is 18.4 Å². The summed E-state index contributed by atoms with van der Waals surface area (Å²) in [5, 5.41) is 9.28. The van der Waals surface area contributed by atoms with Crippen LogP contribution in [0.1, 0.15) is 49.5 Å². The van der Waals surface area contributed by atoms with Gasteiger partial charge >= 0.3 is 0 Å². The van der Waals surface area contributed by atoms with Gasteiger partial charge in [-0.25, -0.2) is 0 Å². The van der Waals surface area contributed by atoms with E-state index in [1.807, 2.05) is 19.1 Å². The molecule has 1 heterocycles. The van der Waals surface area contributed by atoms with Crippen LogP contribution in [0.2, 0.25) is 0 Å². The molecule has 0 aliphatic carbocycles. The van der Waals surface area contributed by atoms with E-state index in [1.54, 1.807) is 6.07 Å². The van der Waals surface area contributed by atoms with Gasteiger partial charge in [0, 0.05) is 29.8 Å². The summed E-state index contributed by atoms with van der Waals surface area (Å²) in [6, 6.07) is 5.80. The number of anilines is 1. The van der Waals surface area contributed by atoms with Gasteiger partial charge in [-0.05, 0) is 62.9 Å². The minimum atomic E-state index is -0.0724. The van der Waals surface area contributed by atoms with Gasteiger partial charge in [-0.1, -0.05) is 13.8 Å². The Balaban J connectivity index is 1.99. The highest BCUT2D eigenvalue weighted by molar-refractivity contribution is 5.97. The van der Waals surface area contributed by atoms with E-state index < -0.39 is 0 Å². The zero-order valence-electron chi connectivity index (χ0n) is 15.1. The average molecular weight is 331 g/mol. The molecule has 0 unspecified atom stereocenters. The first-order valence-corrected chi connectivity index (χ1v) is 8.80. The Morgan fingerprint density at radius 3 is 2.71 bits per heavy atom. The lowest BCUT2D eigenvalue weighted by Gasteiger charge is -2.27. The molecule has 1 saturated heterocycles. The second-order valence-corrected chi connectivity index (χ2v) is 7.20. The van der Waals surface area contributed by atoms with Crippen molar-refractivity contribution in [1.82, 2.24) is 10.6 Å². The monoisotopic (exact) mass is 331 g/mol. The van der Waals surface area contributed by atoms with E-state index in [2.05, 4.69) is 36.7 Å². The number of hydrogen-bond donors (Lipinski definition) is 3. The van der Waals surface area contributed by atoms with Crippen LogP contribution in [-0.2, 0) is 4.79 Å². The first-order chi connectivity index (χ1) is 11.4. The summed E-state index contributed by atoms with van der Waals surface area (Å²) in [6.07, 6.45) is 1.73. The predicted molar refractivity (Wildman–Crippen MR) is 97.2 cm³/mol. The molecule has 2 atom stereocenters. The molecule has 5 heteroatoms. The molecule has 132 valence electrons. The van der Waals surface area contributed by atoms with Crippen molar-refractivity contribution < 1.29 is 9.59 Å². The predicted octanol–water partition coefficient (Wildman–Crippen LogP) is 2.71. The quantitative estimate of drug-likeness (QED) is 0.777. The SMILES string of the molecule is Cc1cc(C(=O)NCC(C)C)ccc1NC(=O)[C@H]1CCN[C@@H](C)C1. The normalized spacial score (nSPS) is 20.7. The van der Waals surface area contributed by atoms with Crippen molar-refractivity contribution in [3.8, 4) is 0 Å². The largest absolute Gasteiger partial charge is 0.352 e. The van der Waals surface area contributed by atoms with Gasteiger partial charge in [0.05, 0.1) is 0 Å². The Morgan fingerprint density at radius 1 is 1.33 bits per heavy atom. The summed E-state index contributed by atoms with van der Waals surface area (Å²) in [6.45, 7) is 9.68. The lowest BCUT2D eigenvalue weighted by Crippen LogP contribution is -2.40. The summed E-state index contributed by atoms with van der Waals surface area (Å²) in [5.74, 6) is 0.468. The molecule has 1 fully saturated rings. The molecule has 0 bridgehead atoms. The molecule has 5 nitrogen and oxygen atoms in total. The van der Waals surface area contributed by atoms with E-state index in [4.69, 9.17) is 0 Å². The molecular weight excluding hydrogens is 302 g/mol. The minimum Gasteiger partial charge on any atom is -0.352 e. The number of amides is 2. The lowest BCUT2D eigenvalue weighted by molar-refractivity contribution is -0.120. The van der Waals surface area contributed by atoms with Gasteiger partial charge in [-0.3, -0.25) is 9.59 Å². The van der Waals surface area contributed by atoms with Gasteiger partial charge in [0.15, 0.2) is 0 Å². The molecule has 0 aromatic heterocycles. The van der Waals surface area contributed by atoms with E-state index in [0.717, 1.165) is 30.6 Å². The Bertz CT molecular complexity index is 598. The maximum Gasteiger partial charge on any atom is 0.251 e. The molecule has 24 heavy (non-hydrogen) atoms. The van der Waals surface area contributed by atoms with Crippen molar-refractivity contribution >= 4 is 17.5 Å². The van der Waals surface area contributed by atoms with Crippen LogP contribution in [0, 0.1) is 18.8 Å². The first kappa shape index (κ1) is 18.5. The van der Waals surface area contributed by atoms with Crippen LogP contribution in [0.3, 0.4) is 0 Å². The lowest BCUT2D eigenvalue weighted by atomic mass is 9.92. The number of aryl methyl sites for hydroxylation is 1. The third kappa shape index (κ3) is 5.06. The van der Waals surface area contributed by atoms with Gasteiger partial charge in [0.25, 0.3) is 5.91 Å². The smallest absolute Gasteiger partial charge is 0.251 e. The molecule has 0 radical (unpaired) electrons. The van der Waals surface area contributed by atoms with Crippen LogP contribution in [0.5, 0.6) is 0 Å². The minimum absolute atomic E-state index is 0.0506. The molecule has 0 spiro atoms. The molecule has 1 aromatic rings. The standard InChI is InChI=1S/C19H29N3O2/c1-12(2)11-21-18(23)15-5-6-17(13(3)9-15)22-19(24)16-7-8-20-14(4)10-16/h5-6,9,12,14,16,20H,7-8,10-11H2,1-4H3,(H,21,23)(H,22,24)/t14-,16-/m0/s1. The van der Waals surface area contributed by atoms with Crippen molar-refractivity contribution in [3.63, 3.8) is 0 Å². The number of carbonyl (C=O) groups excluding carboxylic acids is 2. The third-order valence-corrected chi connectivity index (χ3v) is 4.41. The first-order valence-electron chi connectivity index (χ1n) is 8.80. The number of carbonyl (C=O) groups is 2. The second kappa shape index (κ2) is 8.29. The molecule has 1 aromatic carbocycles. The summed E-state index contributed by atoms with van der Waals surface area (Å²) >= 11 is 0. The maximum atomic E-state index is 12.4. The van der Waals surface area contributed by atoms with E-state index >= 15 is 0 Å². The van der Waals surface area contributed by atoms with Gasteiger partial charge in [-0.15, -0.1) is 0 Å². The molecule has 1 aliphatic heterocycles. The van der Waals surface area contributed by atoms with Crippen molar-refractivity contribution in [2.45, 2.75) is 46.6 Å². The van der Waals surface area contributed by atoms with Gasteiger partial charge < -0.3 is 16.0 Å². The van der Waals surface area contributed by atoms with Gasteiger partial charge in [-0.2, -0.15) is 0 Å². The number of nitrogens with one attached hydrogen (secondary N) is 3. The highest BCUT2D eigenvalue weighted by atomic mass is 16.2. The van der Waals surface area contributed by atoms with Gasteiger partial charge in [0.1, 0.15) is 0 Å². The zero-order valence-corrected chi connectivity index (χ0v) is 15.1. The van der Waals surface area contributed by atoms with Gasteiger partial charge in [0.2, 0.25) is 5.91 Å². The van der Waals surface area contributed by atoms with E-state index in [9.17, 15) is 9.59 Å². The molecule has 2 amide bonds. The maximum absolute atomic E-state index is 12.4. The van der Waals surface area contributed by atoms with Crippen LogP contribution in [0.15, 0.2) is 18.2 Å². The van der Waals surface area contributed by atoms with Crippen molar-refractivity contribution in [2.24, 2.45) is 11.8 Å². The van der Waals surface area contributed by atoms with Crippen molar-refractivity contribution in [1.29, 1.82) is 0 Å². The number of benzene rings is 1. The molecule has 2 rings (SSSR count). The number of piperidine rings is 1. The fraction of sp³-hybridized carbons (Fsp3) is 0.579. The highest BCUT2D eigenvalue weighted by Crippen LogP contribution is 2.21. The third-order valence-electron chi connectivity index (χ3n) is 4.41. The van der Waals surface area contributed by atoms with E-state index in [0.29, 0.717) is 24.1 Å². The number of rotatable bonds is 5. The van der Waals surface area contributed by atoms with Crippen LogP contribution in [0.4, 0.5) is 5.69 Å².